The van der Waals surface area contributed by atoms with E-state index in [4.69, 9.17) is 19.9 Å². The van der Waals surface area contributed by atoms with Gasteiger partial charge in [0.15, 0.2) is 17.5 Å². The van der Waals surface area contributed by atoms with Gasteiger partial charge in [0.25, 0.3) is 0 Å². The van der Waals surface area contributed by atoms with Gasteiger partial charge in [0.05, 0.1) is 5.52 Å². The summed E-state index contributed by atoms with van der Waals surface area (Å²) in [5, 5.41) is 1.07. The molecule has 0 spiro atoms. The highest BCUT2D eigenvalue weighted by Gasteiger charge is 2.20. The predicted molar refractivity (Wildman–Crippen MR) is 209 cm³/mol. The zero-order chi connectivity index (χ0) is 34.7. The van der Waals surface area contributed by atoms with Crippen molar-refractivity contribution in [2.45, 2.75) is 0 Å². The molecule has 4 aromatic heterocycles. The molecule has 0 aliphatic heterocycles. The standard InChI is InChI=1S/C46H30N6/c1-3-12-31(13-4-1)37-20-8-21-39(42(37)32-14-5-2-6-15-32)38-24-23-34(28-41(38)40-22-7-16-33-17-11-27-49-43(33)40)44-50-45(35-18-9-25-47-29-35)52-46(51-44)36-19-10-26-48-30-36/h1-30H. The van der Waals surface area contributed by atoms with Gasteiger partial charge in [-0.05, 0) is 75.3 Å². The zero-order valence-corrected chi connectivity index (χ0v) is 28.0. The molecule has 0 bridgehead atoms. The molecule has 0 atom stereocenters. The molecule has 0 amide bonds. The summed E-state index contributed by atoms with van der Waals surface area (Å²) in [4.78, 5) is 28.5. The number of rotatable bonds is 7. The van der Waals surface area contributed by atoms with Crippen molar-refractivity contribution in [3.63, 3.8) is 0 Å². The molecule has 9 rings (SSSR count). The minimum atomic E-state index is 0.538. The maximum atomic E-state index is 5.02. The van der Waals surface area contributed by atoms with Crippen LogP contribution in [0.4, 0.5) is 0 Å². The Balaban J connectivity index is 1.32. The number of benzene rings is 5. The molecule has 4 heterocycles. The van der Waals surface area contributed by atoms with E-state index in [9.17, 15) is 0 Å². The normalized spacial score (nSPS) is 11.1. The maximum absolute atomic E-state index is 5.02. The van der Waals surface area contributed by atoms with Crippen LogP contribution in [0.3, 0.4) is 0 Å². The molecule has 6 nitrogen and oxygen atoms in total. The molecule has 52 heavy (non-hydrogen) atoms. The van der Waals surface area contributed by atoms with E-state index in [0.29, 0.717) is 17.5 Å². The average Bonchev–Trinajstić information content (AvgIpc) is 3.24. The van der Waals surface area contributed by atoms with Crippen LogP contribution >= 0.6 is 0 Å². The first kappa shape index (κ1) is 30.8. The zero-order valence-electron chi connectivity index (χ0n) is 28.0. The third kappa shape index (κ3) is 5.88. The van der Waals surface area contributed by atoms with Crippen molar-refractivity contribution in [2.24, 2.45) is 0 Å². The first-order valence-corrected chi connectivity index (χ1v) is 17.1. The molecule has 244 valence electrons. The van der Waals surface area contributed by atoms with E-state index in [1.807, 2.05) is 36.5 Å². The highest BCUT2D eigenvalue weighted by molar-refractivity contribution is 6.03. The first-order chi connectivity index (χ1) is 25.8. The molecule has 0 saturated heterocycles. The molecule has 0 aliphatic rings. The van der Waals surface area contributed by atoms with Crippen molar-refractivity contribution in [2.75, 3.05) is 0 Å². The molecule has 0 unspecified atom stereocenters. The third-order valence-corrected chi connectivity index (χ3v) is 9.18. The second kappa shape index (κ2) is 13.6. The van der Waals surface area contributed by atoms with Crippen LogP contribution in [0.1, 0.15) is 0 Å². The first-order valence-electron chi connectivity index (χ1n) is 17.1. The van der Waals surface area contributed by atoms with E-state index in [1.165, 1.54) is 0 Å². The van der Waals surface area contributed by atoms with Crippen LogP contribution in [-0.4, -0.2) is 29.9 Å². The fourth-order valence-corrected chi connectivity index (χ4v) is 6.77. The van der Waals surface area contributed by atoms with Gasteiger partial charge in [-0.2, -0.15) is 0 Å². The van der Waals surface area contributed by atoms with Crippen molar-refractivity contribution in [3.8, 4) is 78.7 Å². The Labute approximate surface area is 301 Å². The smallest absolute Gasteiger partial charge is 0.165 e. The van der Waals surface area contributed by atoms with Gasteiger partial charge in [0.1, 0.15) is 0 Å². The van der Waals surface area contributed by atoms with Crippen LogP contribution in [0.5, 0.6) is 0 Å². The lowest BCUT2D eigenvalue weighted by Crippen LogP contribution is -2.01. The molecule has 0 N–H and O–H groups in total. The summed E-state index contributed by atoms with van der Waals surface area (Å²) in [7, 11) is 0. The van der Waals surface area contributed by atoms with Gasteiger partial charge in [0, 0.05) is 58.6 Å². The number of hydrogen-bond donors (Lipinski definition) is 0. The molecule has 0 fully saturated rings. The van der Waals surface area contributed by atoms with Crippen LogP contribution in [0.25, 0.3) is 89.6 Å². The van der Waals surface area contributed by atoms with Crippen molar-refractivity contribution in [1.82, 2.24) is 29.9 Å². The van der Waals surface area contributed by atoms with Gasteiger partial charge in [-0.15, -0.1) is 0 Å². The summed E-state index contributed by atoms with van der Waals surface area (Å²) in [5.74, 6) is 1.63. The molecule has 0 radical (unpaired) electrons. The van der Waals surface area contributed by atoms with Gasteiger partial charge in [-0.25, -0.2) is 15.0 Å². The van der Waals surface area contributed by atoms with E-state index in [0.717, 1.165) is 72.1 Å². The lowest BCUT2D eigenvalue weighted by atomic mass is 9.84. The molecular weight excluding hydrogens is 637 g/mol. The van der Waals surface area contributed by atoms with Crippen LogP contribution in [0.2, 0.25) is 0 Å². The van der Waals surface area contributed by atoms with Gasteiger partial charge in [-0.1, -0.05) is 115 Å². The third-order valence-electron chi connectivity index (χ3n) is 9.18. The summed E-state index contributed by atoms with van der Waals surface area (Å²) >= 11 is 0. The highest BCUT2D eigenvalue weighted by Crippen LogP contribution is 2.45. The van der Waals surface area contributed by atoms with Crippen molar-refractivity contribution in [1.29, 1.82) is 0 Å². The van der Waals surface area contributed by atoms with Crippen LogP contribution in [0.15, 0.2) is 183 Å². The van der Waals surface area contributed by atoms with E-state index >= 15 is 0 Å². The molecule has 0 aliphatic carbocycles. The van der Waals surface area contributed by atoms with Crippen LogP contribution in [0, 0.1) is 0 Å². The van der Waals surface area contributed by atoms with Crippen LogP contribution < -0.4 is 0 Å². The van der Waals surface area contributed by atoms with Crippen molar-refractivity contribution in [3.05, 3.63) is 183 Å². The summed E-state index contributed by atoms with van der Waals surface area (Å²) in [6.45, 7) is 0. The number of aromatic nitrogens is 6. The monoisotopic (exact) mass is 666 g/mol. The second-order valence-corrected chi connectivity index (χ2v) is 12.4. The SMILES string of the molecule is c1ccc(-c2cccc(-c3ccc(-c4nc(-c5cccnc5)nc(-c5cccnc5)n4)cc3-c3cccc4cccnc34)c2-c2ccccc2)cc1. The molecule has 9 aromatic rings. The van der Waals surface area contributed by atoms with Crippen LogP contribution in [-0.2, 0) is 0 Å². The molecule has 5 aromatic carbocycles. The second-order valence-electron chi connectivity index (χ2n) is 12.4. The van der Waals surface area contributed by atoms with Gasteiger partial charge < -0.3 is 0 Å². The summed E-state index contributed by atoms with van der Waals surface area (Å²) in [5.41, 5.74) is 12.2. The lowest BCUT2D eigenvalue weighted by Gasteiger charge is -2.20. The topological polar surface area (TPSA) is 77.3 Å². The van der Waals surface area contributed by atoms with E-state index < -0.39 is 0 Å². The number of fused-ring (bicyclic) bond motifs is 1. The fourth-order valence-electron chi connectivity index (χ4n) is 6.77. The van der Waals surface area contributed by atoms with Crippen molar-refractivity contribution >= 4 is 10.9 Å². The van der Waals surface area contributed by atoms with E-state index in [-0.39, 0.29) is 0 Å². The number of nitrogens with zero attached hydrogens (tertiary/aromatic N) is 6. The Kier molecular flexibility index (Phi) is 8.08. The average molecular weight is 667 g/mol. The number of pyridine rings is 3. The fraction of sp³-hybridized carbons (Fsp3) is 0. The quantitative estimate of drug-likeness (QED) is 0.168. The molecular formula is C46H30N6. The lowest BCUT2D eigenvalue weighted by molar-refractivity contribution is 1.07. The minimum Gasteiger partial charge on any atom is -0.264 e. The van der Waals surface area contributed by atoms with Gasteiger partial charge in [0.2, 0.25) is 0 Å². The van der Waals surface area contributed by atoms with Gasteiger partial charge in [-0.3, -0.25) is 15.0 Å². The molecule has 0 saturated carbocycles. The Hall–Kier alpha value is -7.18. The summed E-state index contributed by atoms with van der Waals surface area (Å²) in [6, 6.07) is 52.4. The Morgan fingerprint density at radius 2 is 0.885 bits per heavy atom. The summed E-state index contributed by atoms with van der Waals surface area (Å²) in [6.07, 6.45) is 8.88. The Morgan fingerprint density at radius 1 is 0.327 bits per heavy atom. The number of para-hydroxylation sites is 1. The Morgan fingerprint density at radius 3 is 1.56 bits per heavy atom. The minimum absolute atomic E-state index is 0.538. The predicted octanol–water partition coefficient (Wildman–Crippen LogP) is 10.9. The van der Waals surface area contributed by atoms with E-state index in [2.05, 4.69) is 131 Å². The number of hydrogen-bond acceptors (Lipinski definition) is 6. The maximum Gasteiger partial charge on any atom is 0.165 e. The highest BCUT2D eigenvalue weighted by atomic mass is 15.0. The largest absolute Gasteiger partial charge is 0.264 e. The summed E-state index contributed by atoms with van der Waals surface area (Å²) < 4.78 is 0. The van der Waals surface area contributed by atoms with Gasteiger partial charge >= 0.3 is 0 Å². The Bertz CT molecular complexity index is 2600. The van der Waals surface area contributed by atoms with E-state index in [1.54, 1.807) is 24.8 Å². The van der Waals surface area contributed by atoms with Crippen molar-refractivity contribution < 1.29 is 0 Å². The molecule has 6 heteroatoms.